The maximum atomic E-state index is 12.8. The molecule has 124 valence electrons. The van der Waals surface area contributed by atoms with Gasteiger partial charge < -0.3 is 11.1 Å². The van der Waals surface area contributed by atoms with Crippen molar-refractivity contribution in [2.45, 2.75) is 39.2 Å². The molecule has 0 radical (unpaired) electrons. The minimum Gasteiger partial charge on any atom is -0.352 e. The smallest absolute Gasteiger partial charge is 0.220 e. The molecule has 0 heterocycles. The number of nitrogens with two attached hydrogens (primary N) is 1. The van der Waals surface area contributed by atoms with Gasteiger partial charge in [0.15, 0.2) is 5.78 Å². The van der Waals surface area contributed by atoms with Gasteiger partial charge in [-0.1, -0.05) is 13.8 Å². The highest BCUT2D eigenvalue weighted by Gasteiger charge is 2.14. The second kappa shape index (κ2) is 10.3. The van der Waals surface area contributed by atoms with Crippen LogP contribution in [0.25, 0.3) is 0 Å². The number of rotatable bonds is 8. The van der Waals surface area contributed by atoms with E-state index in [1.165, 1.54) is 24.3 Å². The van der Waals surface area contributed by atoms with Crippen molar-refractivity contribution in [3.63, 3.8) is 0 Å². The number of halogens is 2. The molecule has 1 amide bonds. The fourth-order valence-corrected chi connectivity index (χ4v) is 2.09. The number of nitrogens with one attached hydrogen (secondary N) is 1. The van der Waals surface area contributed by atoms with Crippen LogP contribution in [0.1, 0.15) is 43.5 Å². The molecule has 1 rings (SSSR count). The number of Topliss-reactive ketones (excluding diaryl/α,β-unsaturated/α-hetero) is 1. The Kier molecular flexibility index (Phi) is 9.61. The van der Waals surface area contributed by atoms with Gasteiger partial charge in [0.25, 0.3) is 0 Å². The van der Waals surface area contributed by atoms with Crippen LogP contribution in [0.2, 0.25) is 0 Å². The van der Waals surface area contributed by atoms with Gasteiger partial charge in [-0.05, 0) is 36.6 Å². The molecule has 1 aromatic carbocycles. The van der Waals surface area contributed by atoms with Crippen LogP contribution in [-0.4, -0.2) is 24.3 Å². The molecule has 0 aromatic heterocycles. The quantitative estimate of drug-likeness (QED) is 0.720. The first kappa shape index (κ1) is 20.5. The van der Waals surface area contributed by atoms with Crippen LogP contribution in [0.15, 0.2) is 24.3 Å². The molecule has 0 aliphatic carbocycles. The van der Waals surface area contributed by atoms with Crippen LogP contribution < -0.4 is 11.1 Å². The molecule has 0 aliphatic rings. The Morgan fingerprint density at radius 2 is 1.77 bits per heavy atom. The van der Waals surface area contributed by atoms with E-state index in [1.54, 1.807) is 0 Å². The topological polar surface area (TPSA) is 72.2 Å². The third-order valence-corrected chi connectivity index (χ3v) is 3.15. The van der Waals surface area contributed by atoms with E-state index in [9.17, 15) is 14.0 Å². The highest BCUT2D eigenvalue weighted by atomic mass is 35.5. The van der Waals surface area contributed by atoms with Crippen LogP contribution in [-0.2, 0) is 4.79 Å². The Morgan fingerprint density at radius 1 is 1.18 bits per heavy atom. The summed E-state index contributed by atoms with van der Waals surface area (Å²) in [4.78, 5) is 23.7. The van der Waals surface area contributed by atoms with Crippen molar-refractivity contribution in [3.05, 3.63) is 35.6 Å². The lowest BCUT2D eigenvalue weighted by Crippen LogP contribution is -2.41. The van der Waals surface area contributed by atoms with Crippen LogP contribution >= 0.6 is 12.4 Å². The van der Waals surface area contributed by atoms with E-state index in [1.807, 2.05) is 0 Å². The third-order valence-electron chi connectivity index (χ3n) is 3.15. The molecule has 1 atom stereocenters. The second-order valence-corrected chi connectivity index (χ2v) is 5.56. The predicted octanol–water partition coefficient (Wildman–Crippen LogP) is 2.70. The zero-order chi connectivity index (χ0) is 15.8. The summed E-state index contributed by atoms with van der Waals surface area (Å²) in [7, 11) is 0. The number of ketones is 1. The maximum Gasteiger partial charge on any atom is 0.220 e. The molecule has 0 spiro atoms. The average molecular weight is 331 g/mol. The van der Waals surface area contributed by atoms with Crippen molar-refractivity contribution in [1.82, 2.24) is 5.32 Å². The first-order valence-electron chi connectivity index (χ1n) is 7.20. The van der Waals surface area contributed by atoms with Gasteiger partial charge >= 0.3 is 0 Å². The molecule has 6 heteroatoms. The second-order valence-electron chi connectivity index (χ2n) is 5.56. The van der Waals surface area contributed by atoms with Gasteiger partial charge in [-0.3, -0.25) is 9.59 Å². The molecule has 0 aliphatic heterocycles. The van der Waals surface area contributed by atoms with Crippen LogP contribution in [0.3, 0.4) is 0 Å². The Bertz CT molecular complexity index is 478. The van der Waals surface area contributed by atoms with E-state index in [4.69, 9.17) is 5.73 Å². The van der Waals surface area contributed by atoms with Gasteiger partial charge in [0.1, 0.15) is 5.82 Å². The first-order valence-corrected chi connectivity index (χ1v) is 7.20. The number of benzene rings is 1. The van der Waals surface area contributed by atoms with Gasteiger partial charge in [-0.15, -0.1) is 12.4 Å². The summed E-state index contributed by atoms with van der Waals surface area (Å²) in [5.41, 5.74) is 6.03. The summed E-state index contributed by atoms with van der Waals surface area (Å²) in [6.45, 7) is 4.51. The Balaban J connectivity index is 0.00000441. The van der Waals surface area contributed by atoms with Crippen molar-refractivity contribution < 1.29 is 14.0 Å². The molecule has 0 bridgehead atoms. The van der Waals surface area contributed by atoms with E-state index in [0.29, 0.717) is 18.0 Å². The third kappa shape index (κ3) is 7.52. The van der Waals surface area contributed by atoms with E-state index >= 15 is 0 Å². The zero-order valence-electron chi connectivity index (χ0n) is 13.0. The van der Waals surface area contributed by atoms with Crippen molar-refractivity contribution >= 4 is 24.1 Å². The largest absolute Gasteiger partial charge is 0.352 e. The molecular formula is C16H24ClFN2O2. The lowest BCUT2D eigenvalue weighted by Gasteiger charge is -2.18. The highest BCUT2D eigenvalue weighted by molar-refractivity contribution is 5.97. The van der Waals surface area contributed by atoms with E-state index < -0.39 is 0 Å². The number of carbonyl (C=O) groups excluding carboxylic acids is 2. The lowest BCUT2D eigenvalue weighted by molar-refractivity contribution is -0.121. The van der Waals surface area contributed by atoms with Gasteiger partial charge in [0.05, 0.1) is 0 Å². The van der Waals surface area contributed by atoms with E-state index in [2.05, 4.69) is 19.2 Å². The van der Waals surface area contributed by atoms with E-state index in [0.717, 1.165) is 6.42 Å². The summed E-state index contributed by atoms with van der Waals surface area (Å²) in [6.07, 6.45) is 1.04. The average Bonchev–Trinajstić information content (AvgIpc) is 2.44. The number of hydrogen-bond acceptors (Lipinski definition) is 3. The fraction of sp³-hybridized carbons (Fsp3) is 0.500. The SMILES string of the molecule is CC(C)CC(CN)NC(=O)CCC(=O)c1ccc(F)cc1.Cl. The van der Waals surface area contributed by atoms with Crippen LogP contribution in [0.4, 0.5) is 4.39 Å². The monoisotopic (exact) mass is 330 g/mol. The highest BCUT2D eigenvalue weighted by Crippen LogP contribution is 2.08. The van der Waals surface area contributed by atoms with Crippen molar-refractivity contribution in [3.8, 4) is 0 Å². The zero-order valence-corrected chi connectivity index (χ0v) is 13.8. The molecule has 0 saturated heterocycles. The summed E-state index contributed by atoms with van der Waals surface area (Å²) in [5, 5.41) is 2.84. The van der Waals surface area contributed by atoms with Gasteiger partial charge in [-0.25, -0.2) is 4.39 Å². The Hall–Kier alpha value is -1.46. The summed E-state index contributed by atoms with van der Waals surface area (Å²) in [6, 6.07) is 5.27. The summed E-state index contributed by atoms with van der Waals surface area (Å²) in [5.74, 6) is -0.289. The molecule has 3 N–H and O–H groups in total. The van der Waals surface area contributed by atoms with Crippen molar-refractivity contribution in [2.24, 2.45) is 11.7 Å². The van der Waals surface area contributed by atoms with Crippen molar-refractivity contribution in [1.29, 1.82) is 0 Å². The van der Waals surface area contributed by atoms with Gasteiger partial charge in [-0.2, -0.15) is 0 Å². The van der Waals surface area contributed by atoms with Crippen molar-refractivity contribution in [2.75, 3.05) is 6.54 Å². The molecule has 0 saturated carbocycles. The van der Waals surface area contributed by atoms with Crippen LogP contribution in [0.5, 0.6) is 0 Å². The molecule has 1 unspecified atom stereocenters. The number of carbonyl (C=O) groups is 2. The fourth-order valence-electron chi connectivity index (χ4n) is 2.09. The number of hydrogen-bond donors (Lipinski definition) is 2. The van der Waals surface area contributed by atoms with Gasteiger partial charge in [0.2, 0.25) is 5.91 Å². The maximum absolute atomic E-state index is 12.8. The minimum absolute atomic E-state index is 0. The Labute approximate surface area is 137 Å². The van der Waals surface area contributed by atoms with E-state index in [-0.39, 0.29) is 48.8 Å². The first-order chi connectivity index (χ1) is 9.92. The number of amides is 1. The molecular weight excluding hydrogens is 307 g/mol. The minimum atomic E-state index is -0.385. The summed E-state index contributed by atoms with van der Waals surface area (Å²) >= 11 is 0. The molecule has 0 fully saturated rings. The molecule has 22 heavy (non-hydrogen) atoms. The Morgan fingerprint density at radius 3 is 2.27 bits per heavy atom. The van der Waals surface area contributed by atoms with Crippen LogP contribution in [0, 0.1) is 11.7 Å². The lowest BCUT2D eigenvalue weighted by atomic mass is 10.0. The predicted molar refractivity (Wildman–Crippen MR) is 87.7 cm³/mol. The molecule has 1 aromatic rings. The normalized spacial score (nSPS) is 11.7. The standard InChI is InChI=1S/C16H23FN2O2.ClH/c1-11(2)9-14(10-18)19-16(21)8-7-15(20)12-3-5-13(17)6-4-12;/h3-6,11,14H,7-10,18H2,1-2H3,(H,19,21);1H. The summed E-state index contributed by atoms with van der Waals surface area (Å²) < 4.78 is 12.8. The van der Waals surface area contributed by atoms with Gasteiger partial charge in [0, 0.05) is 31.0 Å². The molecule has 4 nitrogen and oxygen atoms in total.